The molecule has 4 nitrogen and oxygen atoms in total. The van der Waals surface area contributed by atoms with E-state index in [1.54, 1.807) is 12.1 Å². The summed E-state index contributed by atoms with van der Waals surface area (Å²) in [4.78, 5) is 4.79. The number of aryl methyl sites for hydroxylation is 1. The van der Waals surface area contributed by atoms with E-state index >= 15 is 0 Å². The number of furan rings is 1. The van der Waals surface area contributed by atoms with Gasteiger partial charge in [-0.3, -0.25) is 9.80 Å². The van der Waals surface area contributed by atoms with Crippen LogP contribution in [0.2, 0.25) is 0 Å². The maximum atomic E-state index is 12.9. The van der Waals surface area contributed by atoms with Crippen molar-refractivity contribution in [2.24, 2.45) is 0 Å². The van der Waals surface area contributed by atoms with Crippen molar-refractivity contribution in [1.29, 1.82) is 0 Å². The number of halogens is 1. The van der Waals surface area contributed by atoms with Crippen LogP contribution in [0.5, 0.6) is 0 Å². The molecule has 1 unspecified atom stereocenters. The molecule has 0 aliphatic carbocycles. The maximum Gasteiger partial charge on any atom is 0.123 e. The second kappa shape index (κ2) is 9.12. The first-order chi connectivity index (χ1) is 12.6. The molecular formula is C21H27FN2O2. The normalized spacial score (nSPS) is 19.4. The van der Waals surface area contributed by atoms with Gasteiger partial charge in [0.1, 0.15) is 17.3 Å². The van der Waals surface area contributed by atoms with Crippen LogP contribution in [0.25, 0.3) is 6.08 Å². The maximum absolute atomic E-state index is 12.9. The van der Waals surface area contributed by atoms with Crippen LogP contribution in [0.1, 0.15) is 23.5 Å². The summed E-state index contributed by atoms with van der Waals surface area (Å²) in [6, 6.07) is 10.9. The van der Waals surface area contributed by atoms with Gasteiger partial charge in [-0.25, -0.2) is 4.39 Å². The molecule has 2 heterocycles. The molecule has 1 fully saturated rings. The Balaban J connectivity index is 1.54. The van der Waals surface area contributed by atoms with Crippen molar-refractivity contribution in [1.82, 2.24) is 9.80 Å². The molecule has 0 spiro atoms. The lowest BCUT2D eigenvalue weighted by Gasteiger charge is -2.40. The van der Waals surface area contributed by atoms with Crippen molar-refractivity contribution >= 4 is 6.08 Å². The molecule has 1 aliphatic rings. The molecule has 1 N–H and O–H groups in total. The first-order valence-electron chi connectivity index (χ1n) is 9.19. The fourth-order valence-corrected chi connectivity index (χ4v) is 3.44. The number of hydrogen-bond acceptors (Lipinski definition) is 4. The molecule has 0 bridgehead atoms. The summed E-state index contributed by atoms with van der Waals surface area (Å²) in [5, 5.41) is 9.43. The van der Waals surface area contributed by atoms with E-state index in [4.69, 9.17) is 4.42 Å². The van der Waals surface area contributed by atoms with Crippen molar-refractivity contribution in [3.05, 3.63) is 65.4 Å². The van der Waals surface area contributed by atoms with Crippen molar-refractivity contribution in [2.45, 2.75) is 25.9 Å². The molecule has 1 aromatic carbocycles. The van der Waals surface area contributed by atoms with Crippen LogP contribution >= 0.6 is 0 Å². The van der Waals surface area contributed by atoms with Gasteiger partial charge in [0, 0.05) is 38.8 Å². The van der Waals surface area contributed by atoms with E-state index < -0.39 is 0 Å². The number of piperazine rings is 1. The highest BCUT2D eigenvalue weighted by atomic mass is 19.1. The van der Waals surface area contributed by atoms with Crippen LogP contribution in [0.15, 0.2) is 46.9 Å². The Morgan fingerprint density at radius 2 is 2.00 bits per heavy atom. The highest BCUT2D eigenvalue weighted by molar-refractivity contribution is 5.48. The lowest BCUT2D eigenvalue weighted by atomic mass is 10.1. The number of aliphatic hydroxyl groups excluding tert-OH is 1. The Bertz CT molecular complexity index is 711. The fourth-order valence-electron chi connectivity index (χ4n) is 3.44. The third-order valence-corrected chi connectivity index (χ3v) is 4.85. The minimum absolute atomic E-state index is 0.192. The Hall–Kier alpha value is -1.95. The van der Waals surface area contributed by atoms with E-state index in [-0.39, 0.29) is 12.4 Å². The Labute approximate surface area is 154 Å². The average Bonchev–Trinajstić information content (AvgIpc) is 3.04. The molecule has 1 saturated heterocycles. The van der Waals surface area contributed by atoms with Gasteiger partial charge in [-0.05, 0) is 43.2 Å². The molecule has 0 amide bonds. The van der Waals surface area contributed by atoms with E-state index in [1.807, 2.05) is 25.1 Å². The third-order valence-electron chi connectivity index (χ3n) is 4.85. The van der Waals surface area contributed by atoms with Gasteiger partial charge in [0.05, 0.1) is 6.54 Å². The van der Waals surface area contributed by atoms with Crippen LogP contribution in [-0.2, 0) is 6.54 Å². The predicted molar refractivity (Wildman–Crippen MR) is 101 cm³/mol. The number of nitrogens with zero attached hydrogens (tertiary/aromatic N) is 2. The Kier molecular flexibility index (Phi) is 6.61. The fraction of sp³-hybridized carbons (Fsp3) is 0.429. The van der Waals surface area contributed by atoms with Gasteiger partial charge in [0.2, 0.25) is 0 Å². The van der Waals surface area contributed by atoms with Crippen molar-refractivity contribution in [3.8, 4) is 0 Å². The predicted octanol–water partition coefficient (Wildman–Crippen LogP) is 3.31. The van der Waals surface area contributed by atoms with Crippen LogP contribution in [0, 0.1) is 12.7 Å². The number of hydrogen-bond donors (Lipinski definition) is 1. The number of benzene rings is 1. The Morgan fingerprint density at radius 3 is 2.69 bits per heavy atom. The molecule has 140 valence electrons. The van der Waals surface area contributed by atoms with E-state index in [0.717, 1.165) is 56.2 Å². The van der Waals surface area contributed by atoms with E-state index in [2.05, 4.69) is 15.9 Å². The zero-order valence-electron chi connectivity index (χ0n) is 15.3. The minimum atomic E-state index is -0.211. The molecule has 3 rings (SSSR count). The summed E-state index contributed by atoms with van der Waals surface area (Å²) in [6.45, 7) is 6.65. The van der Waals surface area contributed by atoms with Crippen molar-refractivity contribution in [3.63, 3.8) is 0 Å². The quantitative estimate of drug-likeness (QED) is 0.824. The van der Waals surface area contributed by atoms with Crippen molar-refractivity contribution < 1.29 is 13.9 Å². The van der Waals surface area contributed by atoms with E-state index in [9.17, 15) is 9.50 Å². The summed E-state index contributed by atoms with van der Waals surface area (Å²) in [5.41, 5.74) is 1.00. The van der Waals surface area contributed by atoms with E-state index in [1.165, 1.54) is 12.1 Å². The standard InChI is InChI=1S/C21H27FN2O2/c1-17-4-9-21(26-17)16-24-13-12-23(15-20(24)10-14-25)11-2-3-18-5-7-19(22)8-6-18/h2-9,20,25H,10-16H2,1H3/b3-2+. The van der Waals surface area contributed by atoms with Gasteiger partial charge >= 0.3 is 0 Å². The van der Waals surface area contributed by atoms with Gasteiger partial charge in [-0.15, -0.1) is 0 Å². The minimum Gasteiger partial charge on any atom is -0.465 e. The lowest BCUT2D eigenvalue weighted by molar-refractivity contribution is 0.0547. The zero-order chi connectivity index (χ0) is 18.4. The zero-order valence-corrected chi connectivity index (χ0v) is 15.3. The smallest absolute Gasteiger partial charge is 0.123 e. The topological polar surface area (TPSA) is 39.9 Å². The summed E-state index contributed by atoms with van der Waals surface area (Å²) < 4.78 is 18.7. The van der Waals surface area contributed by atoms with Gasteiger partial charge in [-0.1, -0.05) is 24.3 Å². The second-order valence-electron chi connectivity index (χ2n) is 6.86. The van der Waals surface area contributed by atoms with Crippen LogP contribution < -0.4 is 0 Å². The summed E-state index contributed by atoms with van der Waals surface area (Å²) >= 11 is 0. The van der Waals surface area contributed by atoms with Crippen LogP contribution in [0.3, 0.4) is 0 Å². The SMILES string of the molecule is Cc1ccc(CN2CCN(C/C=C/c3ccc(F)cc3)CC2CCO)o1. The molecule has 26 heavy (non-hydrogen) atoms. The Morgan fingerprint density at radius 1 is 1.19 bits per heavy atom. The first kappa shape index (κ1) is 18.8. The largest absolute Gasteiger partial charge is 0.465 e. The molecular weight excluding hydrogens is 331 g/mol. The second-order valence-corrected chi connectivity index (χ2v) is 6.86. The average molecular weight is 358 g/mol. The molecule has 0 radical (unpaired) electrons. The molecule has 1 aliphatic heterocycles. The van der Waals surface area contributed by atoms with Gasteiger partial charge in [0.25, 0.3) is 0 Å². The van der Waals surface area contributed by atoms with Crippen molar-refractivity contribution in [2.75, 3.05) is 32.8 Å². The van der Waals surface area contributed by atoms with Gasteiger partial charge < -0.3 is 9.52 Å². The third kappa shape index (κ3) is 5.27. The molecule has 5 heteroatoms. The molecule has 2 aromatic rings. The summed E-state index contributed by atoms with van der Waals surface area (Å²) in [6.07, 6.45) is 4.91. The van der Waals surface area contributed by atoms with Crippen LogP contribution in [0.4, 0.5) is 4.39 Å². The number of aliphatic hydroxyl groups is 1. The lowest BCUT2D eigenvalue weighted by Crippen LogP contribution is -2.52. The van der Waals surface area contributed by atoms with Gasteiger partial charge in [-0.2, -0.15) is 0 Å². The molecule has 0 saturated carbocycles. The van der Waals surface area contributed by atoms with Gasteiger partial charge in [0.15, 0.2) is 0 Å². The highest BCUT2D eigenvalue weighted by Crippen LogP contribution is 2.18. The monoisotopic (exact) mass is 358 g/mol. The summed E-state index contributed by atoms with van der Waals surface area (Å²) in [7, 11) is 0. The summed E-state index contributed by atoms with van der Waals surface area (Å²) in [5.74, 6) is 1.70. The van der Waals surface area contributed by atoms with Crippen LogP contribution in [-0.4, -0.2) is 53.7 Å². The highest BCUT2D eigenvalue weighted by Gasteiger charge is 2.26. The molecule has 1 atom stereocenters. The molecule has 1 aromatic heterocycles. The van der Waals surface area contributed by atoms with E-state index in [0.29, 0.717) is 6.04 Å². The number of rotatable bonds is 7. The first-order valence-corrected chi connectivity index (χ1v) is 9.19.